The van der Waals surface area contributed by atoms with Gasteiger partial charge in [-0.2, -0.15) is 0 Å². The minimum absolute atomic E-state index is 0.257. The van der Waals surface area contributed by atoms with Crippen molar-refractivity contribution in [1.29, 1.82) is 0 Å². The van der Waals surface area contributed by atoms with Crippen LogP contribution in [0.1, 0.15) is 5.69 Å². The number of ether oxygens (including phenoxy) is 1. The van der Waals surface area contributed by atoms with E-state index in [9.17, 15) is 4.79 Å². The fourth-order valence-electron chi connectivity index (χ4n) is 1.17. The Balaban J connectivity index is 3.11. The summed E-state index contributed by atoms with van der Waals surface area (Å²) in [5, 5.41) is 0. The molecule has 0 saturated carbocycles. The fraction of sp³-hybridized carbons (Fsp3) is 0.400. The summed E-state index contributed by atoms with van der Waals surface area (Å²) in [4.78, 5) is 16.1. The predicted octanol–water partition coefficient (Wildman–Crippen LogP) is 0.899. The molecule has 0 aliphatic carbocycles. The summed E-state index contributed by atoms with van der Waals surface area (Å²) < 4.78 is 5.16. The number of nitrogens with zero attached hydrogens (tertiary/aromatic N) is 2. The minimum atomic E-state index is -1.31. The maximum atomic E-state index is 11.9. The summed E-state index contributed by atoms with van der Waals surface area (Å²) in [5.74, 6) is -0.257. The van der Waals surface area contributed by atoms with Crippen LogP contribution in [0.4, 0.5) is 0 Å². The van der Waals surface area contributed by atoms with Gasteiger partial charge in [0.05, 0.1) is 5.69 Å². The molecule has 1 aromatic rings. The molecule has 0 bridgehead atoms. The van der Waals surface area contributed by atoms with Crippen LogP contribution in [0, 0.1) is 0 Å². The van der Waals surface area contributed by atoms with Crippen molar-refractivity contribution in [2.75, 3.05) is 21.2 Å². The van der Waals surface area contributed by atoms with Crippen molar-refractivity contribution in [1.82, 2.24) is 9.88 Å². The molecule has 82 valence electrons. The molecular formula is C10H14N2O2S. The molecule has 4 nitrogen and oxygen atoms in total. The van der Waals surface area contributed by atoms with Gasteiger partial charge >= 0.3 is 0 Å². The maximum absolute atomic E-state index is 11.9. The Morgan fingerprint density at radius 3 is 2.60 bits per heavy atom. The Kier molecular flexibility index (Phi) is 3.71. The second-order valence-corrected chi connectivity index (χ2v) is 3.89. The molecule has 1 amide bonds. The predicted molar refractivity (Wildman–Crippen MR) is 60.6 cm³/mol. The molecule has 0 aromatic carbocycles. The highest BCUT2D eigenvalue weighted by atomic mass is 32.1. The van der Waals surface area contributed by atoms with Crippen molar-refractivity contribution in [3.8, 4) is 0 Å². The maximum Gasteiger partial charge on any atom is 0.271 e. The molecule has 0 aliphatic rings. The van der Waals surface area contributed by atoms with Gasteiger partial charge in [-0.1, -0.05) is 6.07 Å². The van der Waals surface area contributed by atoms with Crippen molar-refractivity contribution in [2.45, 2.75) is 4.93 Å². The lowest BCUT2D eigenvalue weighted by Crippen LogP contribution is -2.41. The lowest BCUT2D eigenvalue weighted by Gasteiger charge is -2.27. The van der Waals surface area contributed by atoms with Crippen molar-refractivity contribution < 1.29 is 9.53 Å². The van der Waals surface area contributed by atoms with E-state index < -0.39 is 4.93 Å². The second-order valence-electron chi connectivity index (χ2n) is 3.26. The van der Waals surface area contributed by atoms with Crippen LogP contribution in [-0.2, 0) is 14.5 Å². The summed E-state index contributed by atoms with van der Waals surface area (Å²) in [6.45, 7) is 0. The molecule has 1 rings (SSSR count). The lowest BCUT2D eigenvalue weighted by molar-refractivity contribution is -0.143. The number of amides is 1. The second kappa shape index (κ2) is 4.63. The van der Waals surface area contributed by atoms with E-state index in [1.165, 1.54) is 12.0 Å². The molecule has 15 heavy (non-hydrogen) atoms. The van der Waals surface area contributed by atoms with Gasteiger partial charge in [0, 0.05) is 27.4 Å². The van der Waals surface area contributed by atoms with Gasteiger partial charge in [-0.15, -0.1) is 12.6 Å². The average molecular weight is 226 g/mol. The van der Waals surface area contributed by atoms with Gasteiger partial charge in [-0.3, -0.25) is 9.78 Å². The molecule has 1 aromatic heterocycles. The summed E-state index contributed by atoms with van der Waals surface area (Å²) in [7, 11) is 4.73. The molecule has 0 radical (unpaired) electrons. The van der Waals surface area contributed by atoms with Gasteiger partial charge in [0.25, 0.3) is 5.91 Å². The van der Waals surface area contributed by atoms with Crippen LogP contribution in [-0.4, -0.2) is 37.0 Å². The van der Waals surface area contributed by atoms with Gasteiger partial charge in [-0.05, 0) is 12.1 Å². The summed E-state index contributed by atoms with van der Waals surface area (Å²) >= 11 is 4.27. The standard InChI is InChI=1S/C10H14N2O2S/c1-12(2)9(13)10(15,14-3)8-6-4-5-7-11-8/h4-7,15H,1-3H3. The Morgan fingerprint density at radius 1 is 1.53 bits per heavy atom. The molecule has 5 heteroatoms. The number of hydrogen-bond donors (Lipinski definition) is 1. The minimum Gasteiger partial charge on any atom is -0.354 e. The summed E-state index contributed by atoms with van der Waals surface area (Å²) in [6.07, 6.45) is 1.60. The van der Waals surface area contributed by atoms with Crippen LogP contribution in [0.25, 0.3) is 0 Å². The van der Waals surface area contributed by atoms with Gasteiger partial charge in [0.2, 0.25) is 4.93 Å². The number of carbonyl (C=O) groups is 1. The first-order valence-electron chi connectivity index (χ1n) is 4.43. The van der Waals surface area contributed by atoms with Gasteiger partial charge in [-0.25, -0.2) is 0 Å². The van der Waals surface area contributed by atoms with Crippen LogP contribution < -0.4 is 0 Å². The number of likely N-dealkylation sites (N-methyl/N-ethyl adjacent to an activating group) is 1. The molecule has 1 unspecified atom stereocenters. The number of hydrogen-bond acceptors (Lipinski definition) is 4. The topological polar surface area (TPSA) is 42.4 Å². The third-order valence-corrected chi connectivity index (χ3v) is 2.61. The first-order valence-corrected chi connectivity index (χ1v) is 4.88. The zero-order valence-electron chi connectivity index (χ0n) is 8.97. The van der Waals surface area contributed by atoms with Gasteiger partial charge < -0.3 is 9.64 Å². The quantitative estimate of drug-likeness (QED) is 0.615. The number of thiol groups is 1. The number of methoxy groups -OCH3 is 1. The monoisotopic (exact) mass is 226 g/mol. The van der Waals surface area contributed by atoms with Crippen molar-refractivity contribution >= 4 is 18.5 Å². The first kappa shape index (κ1) is 12.0. The van der Waals surface area contributed by atoms with E-state index in [2.05, 4.69) is 17.6 Å². The summed E-state index contributed by atoms with van der Waals surface area (Å²) in [5.41, 5.74) is 0.481. The zero-order chi connectivity index (χ0) is 11.5. The smallest absolute Gasteiger partial charge is 0.271 e. The SMILES string of the molecule is COC(S)(C(=O)N(C)C)c1ccccn1. The zero-order valence-corrected chi connectivity index (χ0v) is 9.86. The molecule has 0 spiro atoms. The van der Waals surface area contributed by atoms with Gasteiger partial charge in [0.1, 0.15) is 0 Å². The molecular weight excluding hydrogens is 212 g/mol. The molecule has 0 fully saturated rings. The van der Waals surface area contributed by atoms with E-state index in [-0.39, 0.29) is 5.91 Å². The number of rotatable bonds is 3. The van der Waals surface area contributed by atoms with Crippen LogP contribution >= 0.6 is 12.6 Å². The lowest BCUT2D eigenvalue weighted by atomic mass is 10.2. The Bertz CT molecular complexity index is 343. The highest BCUT2D eigenvalue weighted by Crippen LogP contribution is 2.29. The Hall–Kier alpha value is -1.07. The van der Waals surface area contributed by atoms with Crippen LogP contribution in [0.15, 0.2) is 24.4 Å². The normalized spacial score (nSPS) is 14.4. The highest BCUT2D eigenvalue weighted by molar-refractivity contribution is 7.82. The largest absolute Gasteiger partial charge is 0.354 e. The van der Waals surface area contributed by atoms with E-state index in [4.69, 9.17) is 4.74 Å². The number of carbonyl (C=O) groups excluding carboxylic acids is 1. The van der Waals surface area contributed by atoms with Crippen LogP contribution in [0.5, 0.6) is 0 Å². The Morgan fingerprint density at radius 2 is 2.20 bits per heavy atom. The summed E-state index contributed by atoms with van der Waals surface area (Å²) in [6, 6.07) is 5.26. The highest BCUT2D eigenvalue weighted by Gasteiger charge is 2.39. The fourth-order valence-corrected chi connectivity index (χ4v) is 1.50. The van der Waals surface area contributed by atoms with Crippen molar-refractivity contribution in [3.05, 3.63) is 30.1 Å². The molecule has 0 aliphatic heterocycles. The first-order chi connectivity index (χ1) is 7.02. The van der Waals surface area contributed by atoms with Gasteiger partial charge in [0.15, 0.2) is 0 Å². The molecule has 0 saturated heterocycles. The van der Waals surface area contributed by atoms with E-state index in [1.807, 2.05) is 0 Å². The van der Waals surface area contributed by atoms with E-state index in [0.29, 0.717) is 5.69 Å². The third-order valence-electron chi connectivity index (χ3n) is 2.00. The van der Waals surface area contributed by atoms with E-state index in [0.717, 1.165) is 0 Å². The van der Waals surface area contributed by atoms with Crippen LogP contribution in [0.2, 0.25) is 0 Å². The molecule has 1 atom stereocenters. The number of aromatic nitrogens is 1. The Labute approximate surface area is 94.7 Å². The van der Waals surface area contributed by atoms with Crippen molar-refractivity contribution in [2.24, 2.45) is 0 Å². The average Bonchev–Trinajstić information content (AvgIpc) is 2.28. The van der Waals surface area contributed by atoms with Crippen molar-refractivity contribution in [3.63, 3.8) is 0 Å². The van der Waals surface area contributed by atoms with E-state index in [1.54, 1.807) is 38.5 Å². The van der Waals surface area contributed by atoms with E-state index >= 15 is 0 Å². The number of pyridine rings is 1. The molecule has 0 N–H and O–H groups in total. The van der Waals surface area contributed by atoms with Crippen LogP contribution in [0.3, 0.4) is 0 Å². The third kappa shape index (κ3) is 2.30. The molecule has 1 heterocycles.